The smallest absolute Gasteiger partial charge is 0.341 e. The molecule has 2 N–H and O–H groups in total. The fourth-order valence-corrected chi connectivity index (χ4v) is 4.01. The normalized spacial score (nSPS) is 14.2. The number of carbonyl (C=O) groups excluding carboxylic acids is 3. The predicted molar refractivity (Wildman–Crippen MR) is 110 cm³/mol. The average molecular weight is 417 g/mol. The Morgan fingerprint density at radius 3 is 2.69 bits per heavy atom. The van der Waals surface area contributed by atoms with Gasteiger partial charge in [0.25, 0.3) is 0 Å². The number of thiophene rings is 1. The van der Waals surface area contributed by atoms with E-state index in [2.05, 4.69) is 10.6 Å². The van der Waals surface area contributed by atoms with Crippen LogP contribution in [0.25, 0.3) is 11.1 Å². The van der Waals surface area contributed by atoms with E-state index in [0.717, 1.165) is 5.56 Å². The summed E-state index contributed by atoms with van der Waals surface area (Å²) in [6.07, 6.45) is 0. The van der Waals surface area contributed by atoms with E-state index in [4.69, 9.17) is 9.47 Å². The number of benzene rings is 1. The second-order valence-corrected chi connectivity index (χ2v) is 7.29. The quantitative estimate of drug-likeness (QED) is 0.669. The molecule has 0 unspecified atom stereocenters. The fourth-order valence-electron chi connectivity index (χ4n) is 3.03. The van der Waals surface area contributed by atoms with Crippen molar-refractivity contribution in [2.45, 2.75) is 6.92 Å². The first-order chi connectivity index (χ1) is 14.0. The minimum Gasteiger partial charge on any atom is -0.497 e. The predicted octanol–water partition coefficient (Wildman–Crippen LogP) is 1.97. The van der Waals surface area contributed by atoms with Gasteiger partial charge in [-0.2, -0.15) is 0 Å². The first kappa shape index (κ1) is 20.8. The third kappa shape index (κ3) is 5.12. The van der Waals surface area contributed by atoms with Gasteiger partial charge >= 0.3 is 5.97 Å². The van der Waals surface area contributed by atoms with Crippen LogP contribution in [0.3, 0.4) is 0 Å². The molecule has 8 nitrogen and oxygen atoms in total. The molecule has 3 rings (SSSR count). The molecule has 0 aliphatic carbocycles. The molecule has 0 radical (unpaired) electrons. The summed E-state index contributed by atoms with van der Waals surface area (Å²) < 4.78 is 10.4. The molecule has 0 bridgehead atoms. The molecule has 2 amide bonds. The van der Waals surface area contributed by atoms with E-state index in [1.54, 1.807) is 18.9 Å². The van der Waals surface area contributed by atoms with Crippen molar-refractivity contribution in [1.82, 2.24) is 10.2 Å². The molecule has 0 saturated carbocycles. The van der Waals surface area contributed by atoms with Crippen molar-refractivity contribution >= 4 is 34.1 Å². The maximum absolute atomic E-state index is 12.6. The summed E-state index contributed by atoms with van der Waals surface area (Å²) in [5.74, 6) is -0.171. The Kier molecular flexibility index (Phi) is 6.84. The van der Waals surface area contributed by atoms with Crippen LogP contribution in [0.1, 0.15) is 17.3 Å². The number of hydrogen-bond acceptors (Lipinski definition) is 7. The number of esters is 1. The Morgan fingerprint density at radius 1 is 1.28 bits per heavy atom. The van der Waals surface area contributed by atoms with Crippen LogP contribution < -0.4 is 15.4 Å². The Hall–Kier alpha value is -2.91. The van der Waals surface area contributed by atoms with Gasteiger partial charge < -0.3 is 20.1 Å². The lowest BCUT2D eigenvalue weighted by molar-refractivity contribution is -0.125. The molecule has 29 heavy (non-hydrogen) atoms. The largest absolute Gasteiger partial charge is 0.497 e. The Bertz CT molecular complexity index is 894. The van der Waals surface area contributed by atoms with Crippen molar-refractivity contribution in [2.24, 2.45) is 0 Å². The molecule has 1 aliphatic rings. The summed E-state index contributed by atoms with van der Waals surface area (Å²) in [4.78, 5) is 38.3. The Morgan fingerprint density at radius 2 is 2.03 bits per heavy atom. The van der Waals surface area contributed by atoms with Gasteiger partial charge in [0.15, 0.2) is 0 Å². The topological polar surface area (TPSA) is 97.0 Å². The molecule has 1 fully saturated rings. The molecule has 0 atom stereocenters. The lowest BCUT2D eigenvalue weighted by atomic mass is 10.0. The van der Waals surface area contributed by atoms with Crippen LogP contribution >= 0.6 is 11.3 Å². The van der Waals surface area contributed by atoms with Gasteiger partial charge in [0, 0.05) is 24.0 Å². The molecular formula is C20H23N3O5S. The van der Waals surface area contributed by atoms with Gasteiger partial charge in [0.2, 0.25) is 11.8 Å². The molecule has 1 aromatic carbocycles. The zero-order chi connectivity index (χ0) is 20.8. The van der Waals surface area contributed by atoms with Crippen molar-refractivity contribution in [3.05, 3.63) is 35.2 Å². The van der Waals surface area contributed by atoms with Gasteiger partial charge in [-0.25, -0.2) is 4.79 Å². The summed E-state index contributed by atoms with van der Waals surface area (Å²) in [6.45, 7) is 3.33. The van der Waals surface area contributed by atoms with Crippen LogP contribution in [-0.2, 0) is 14.3 Å². The van der Waals surface area contributed by atoms with Crippen LogP contribution in [0.4, 0.5) is 5.00 Å². The standard InChI is InChI=1S/C20H23N3O5S/c1-3-28-20(26)18-15(13-4-6-14(27-2)7-5-13)12-29-19(18)22-17(25)11-23-9-8-21-16(24)10-23/h4-7,12H,3,8-11H2,1-2H3,(H,21,24)(H,22,25). The molecule has 154 valence electrons. The summed E-state index contributed by atoms with van der Waals surface area (Å²) in [7, 11) is 1.59. The Balaban J connectivity index is 1.82. The van der Waals surface area contributed by atoms with E-state index in [1.807, 2.05) is 29.6 Å². The molecule has 9 heteroatoms. The SMILES string of the molecule is CCOC(=O)c1c(-c2ccc(OC)cc2)csc1NC(=O)CN1CCNC(=O)C1. The van der Waals surface area contributed by atoms with Gasteiger partial charge in [-0.3, -0.25) is 14.5 Å². The maximum Gasteiger partial charge on any atom is 0.341 e. The van der Waals surface area contributed by atoms with E-state index in [-0.39, 0.29) is 31.5 Å². The minimum absolute atomic E-state index is 0.0749. The van der Waals surface area contributed by atoms with E-state index in [1.165, 1.54) is 11.3 Å². The second-order valence-electron chi connectivity index (χ2n) is 6.41. The number of rotatable bonds is 7. The summed E-state index contributed by atoms with van der Waals surface area (Å²) in [6, 6.07) is 7.31. The fraction of sp³-hybridized carbons (Fsp3) is 0.350. The molecule has 1 saturated heterocycles. The highest BCUT2D eigenvalue weighted by Gasteiger charge is 2.24. The number of ether oxygens (including phenoxy) is 2. The van der Waals surface area contributed by atoms with E-state index in [0.29, 0.717) is 35.0 Å². The number of anilines is 1. The first-order valence-corrected chi connectivity index (χ1v) is 10.1. The number of nitrogens with one attached hydrogen (secondary N) is 2. The van der Waals surface area contributed by atoms with Crippen LogP contribution in [-0.4, -0.2) is 62.6 Å². The monoisotopic (exact) mass is 417 g/mol. The third-order valence-electron chi connectivity index (χ3n) is 4.41. The van der Waals surface area contributed by atoms with Gasteiger partial charge in [-0.1, -0.05) is 12.1 Å². The van der Waals surface area contributed by atoms with Crippen molar-refractivity contribution in [1.29, 1.82) is 0 Å². The molecule has 1 aromatic heterocycles. The lowest BCUT2D eigenvalue weighted by Gasteiger charge is -2.25. The highest BCUT2D eigenvalue weighted by molar-refractivity contribution is 7.15. The highest BCUT2D eigenvalue weighted by atomic mass is 32.1. The van der Waals surface area contributed by atoms with Gasteiger partial charge in [0.1, 0.15) is 16.3 Å². The molecule has 1 aliphatic heterocycles. The number of nitrogens with zero attached hydrogens (tertiary/aromatic N) is 1. The van der Waals surface area contributed by atoms with E-state index >= 15 is 0 Å². The summed E-state index contributed by atoms with van der Waals surface area (Å²) >= 11 is 1.26. The summed E-state index contributed by atoms with van der Waals surface area (Å²) in [5, 5.41) is 7.78. The summed E-state index contributed by atoms with van der Waals surface area (Å²) in [5.41, 5.74) is 1.83. The second kappa shape index (κ2) is 9.53. The number of piperazine rings is 1. The van der Waals surface area contributed by atoms with E-state index < -0.39 is 5.97 Å². The number of methoxy groups -OCH3 is 1. The van der Waals surface area contributed by atoms with E-state index in [9.17, 15) is 14.4 Å². The van der Waals surface area contributed by atoms with Crippen LogP contribution in [0, 0.1) is 0 Å². The van der Waals surface area contributed by atoms with Gasteiger partial charge in [-0.15, -0.1) is 11.3 Å². The third-order valence-corrected chi connectivity index (χ3v) is 5.30. The van der Waals surface area contributed by atoms with Gasteiger partial charge in [-0.05, 0) is 24.6 Å². The van der Waals surface area contributed by atoms with Gasteiger partial charge in [0.05, 0.1) is 26.8 Å². The number of amides is 2. The number of hydrogen-bond donors (Lipinski definition) is 2. The van der Waals surface area contributed by atoms with Crippen molar-refractivity contribution in [2.75, 3.05) is 45.2 Å². The zero-order valence-corrected chi connectivity index (χ0v) is 17.1. The molecule has 0 spiro atoms. The molecular weight excluding hydrogens is 394 g/mol. The van der Waals surface area contributed by atoms with Crippen molar-refractivity contribution in [3.8, 4) is 16.9 Å². The molecule has 2 heterocycles. The average Bonchev–Trinajstić information content (AvgIpc) is 3.11. The van der Waals surface area contributed by atoms with Crippen LogP contribution in [0.5, 0.6) is 5.75 Å². The van der Waals surface area contributed by atoms with Crippen molar-refractivity contribution in [3.63, 3.8) is 0 Å². The maximum atomic E-state index is 12.6. The Labute approximate surface area is 172 Å². The van der Waals surface area contributed by atoms with Crippen LogP contribution in [0.2, 0.25) is 0 Å². The first-order valence-electron chi connectivity index (χ1n) is 9.23. The highest BCUT2D eigenvalue weighted by Crippen LogP contribution is 2.36. The lowest BCUT2D eigenvalue weighted by Crippen LogP contribution is -2.49. The zero-order valence-electron chi connectivity index (χ0n) is 16.3. The number of carbonyl (C=O) groups is 3. The van der Waals surface area contributed by atoms with Crippen molar-refractivity contribution < 1.29 is 23.9 Å². The van der Waals surface area contributed by atoms with Crippen LogP contribution in [0.15, 0.2) is 29.6 Å². The minimum atomic E-state index is -0.493. The molecule has 2 aromatic rings.